The van der Waals surface area contributed by atoms with Crippen LogP contribution in [0.1, 0.15) is 0 Å². The van der Waals surface area contributed by atoms with Gasteiger partial charge in [-0.15, -0.1) is 4.98 Å². The van der Waals surface area contributed by atoms with E-state index in [9.17, 15) is 0 Å². The fourth-order valence-electron chi connectivity index (χ4n) is 0.459. The van der Waals surface area contributed by atoms with Gasteiger partial charge in [0, 0.05) is 0 Å². The molecule has 0 bridgehead atoms. The lowest BCUT2D eigenvalue weighted by atomic mass is 11.0. The van der Waals surface area contributed by atoms with Crippen LogP contribution >= 0.6 is 11.6 Å². The largest absolute Gasteiger partial charge is 0.467 e. The normalized spacial score (nSPS) is 9.36. The zero-order valence-corrected chi connectivity index (χ0v) is 6.37. The van der Waals surface area contributed by atoms with Crippen LogP contribution in [-0.2, 0) is 0 Å². The summed E-state index contributed by atoms with van der Waals surface area (Å²) >= 11 is 5.43. The Morgan fingerprint density at radius 2 is 1.91 bits per heavy atom. The Labute approximate surface area is 68.4 Å². The molecule has 0 N–H and O–H groups in total. The highest BCUT2D eigenvalue weighted by atomic mass is 35.5. The molecule has 1 aromatic rings. The van der Waals surface area contributed by atoms with Gasteiger partial charge in [0.25, 0.3) is 0 Å². The van der Waals surface area contributed by atoms with Crippen LogP contribution in [-0.4, -0.2) is 22.1 Å². The molecule has 2 radical (unpaired) electrons. The lowest BCUT2D eigenvalue weighted by Crippen LogP contribution is -1.97. The third-order valence-corrected chi connectivity index (χ3v) is 1.02. The number of aromatic nitrogens is 3. The molecule has 0 spiro atoms. The second kappa shape index (κ2) is 3.34. The van der Waals surface area contributed by atoms with Gasteiger partial charge in [-0.05, 0) is 11.6 Å². The Kier molecular flexibility index (Phi) is 2.43. The van der Waals surface area contributed by atoms with Crippen LogP contribution in [0.3, 0.4) is 0 Å². The van der Waals surface area contributed by atoms with E-state index in [2.05, 4.69) is 24.4 Å². The van der Waals surface area contributed by atoms with Crippen molar-refractivity contribution in [3.63, 3.8) is 0 Å². The molecule has 0 saturated heterocycles. The number of hydrogen-bond donors (Lipinski definition) is 0. The van der Waals surface area contributed by atoms with Crippen LogP contribution in [0.25, 0.3) is 0 Å². The van der Waals surface area contributed by atoms with E-state index < -0.39 is 0 Å². The summed E-state index contributed by atoms with van der Waals surface area (Å²) in [4.78, 5) is 10.7. The van der Waals surface area contributed by atoms with Crippen LogP contribution in [0.2, 0.25) is 5.28 Å². The Balaban J connectivity index is 3.02. The standard InChI is InChI=1S/C5H4ClN3O2/c1-10-4-7-3(6)8-5(9-4)11-2/h1H,2H3. The monoisotopic (exact) mass is 173 g/mol. The zero-order valence-electron chi connectivity index (χ0n) is 5.61. The third-order valence-electron chi connectivity index (χ3n) is 0.855. The maximum absolute atomic E-state index is 5.43. The van der Waals surface area contributed by atoms with Crippen molar-refractivity contribution in [2.75, 3.05) is 7.11 Å². The van der Waals surface area contributed by atoms with Gasteiger partial charge in [0.1, 0.15) is 0 Å². The fraction of sp³-hybridized carbons (Fsp3) is 0.200. The van der Waals surface area contributed by atoms with E-state index >= 15 is 0 Å². The molecule has 6 heteroatoms. The van der Waals surface area contributed by atoms with Crippen molar-refractivity contribution >= 4 is 11.6 Å². The fourth-order valence-corrected chi connectivity index (χ4v) is 0.603. The Morgan fingerprint density at radius 3 is 2.45 bits per heavy atom. The molecule has 1 rings (SSSR count). The molecule has 0 fully saturated rings. The molecule has 0 aliphatic carbocycles. The quantitative estimate of drug-likeness (QED) is 0.655. The highest BCUT2D eigenvalue weighted by Crippen LogP contribution is 2.11. The van der Waals surface area contributed by atoms with Crippen LogP contribution in [0.15, 0.2) is 0 Å². The molecule has 5 nitrogen and oxygen atoms in total. The first-order valence-electron chi connectivity index (χ1n) is 2.58. The minimum atomic E-state index is -0.0816. The molecule has 0 atom stereocenters. The predicted molar refractivity (Wildman–Crippen MR) is 36.3 cm³/mol. The summed E-state index contributed by atoms with van der Waals surface area (Å²) in [6.07, 6.45) is 0. The van der Waals surface area contributed by atoms with Gasteiger partial charge < -0.3 is 9.47 Å². The Bertz CT molecular complexity index is 233. The molecule has 58 valence electrons. The van der Waals surface area contributed by atoms with Crippen LogP contribution in [0, 0.1) is 7.11 Å². The summed E-state index contributed by atoms with van der Waals surface area (Å²) in [5.74, 6) is 0. The first-order valence-corrected chi connectivity index (χ1v) is 2.96. The van der Waals surface area contributed by atoms with E-state index in [0.29, 0.717) is 0 Å². The van der Waals surface area contributed by atoms with E-state index in [1.54, 1.807) is 0 Å². The number of ether oxygens (including phenoxy) is 2. The van der Waals surface area contributed by atoms with Gasteiger partial charge in [-0.2, -0.15) is 9.97 Å². The summed E-state index contributed by atoms with van der Waals surface area (Å²) in [6, 6.07) is -0.0210. The lowest BCUT2D eigenvalue weighted by Gasteiger charge is -1.99. The molecule has 0 aromatic carbocycles. The molecule has 0 saturated carbocycles. The zero-order chi connectivity index (χ0) is 8.27. The van der Waals surface area contributed by atoms with Crippen molar-refractivity contribution in [2.24, 2.45) is 0 Å². The maximum atomic E-state index is 5.43. The van der Waals surface area contributed by atoms with Gasteiger partial charge in [0.2, 0.25) is 5.28 Å². The molecule has 0 aliphatic heterocycles. The van der Waals surface area contributed by atoms with E-state index in [1.807, 2.05) is 0 Å². The first-order chi connectivity index (χ1) is 5.26. The molecule has 0 amide bonds. The first kappa shape index (κ1) is 8.00. The number of rotatable bonds is 2. The van der Waals surface area contributed by atoms with Gasteiger partial charge in [-0.25, -0.2) is 0 Å². The summed E-state index contributed by atoms with van der Waals surface area (Å²) < 4.78 is 8.87. The second-order valence-corrected chi connectivity index (χ2v) is 1.83. The highest BCUT2D eigenvalue weighted by molar-refractivity contribution is 6.28. The average molecular weight is 174 g/mol. The summed E-state index contributed by atoms with van der Waals surface area (Å²) in [7, 11) is 6.17. The molecular formula is C5H4ClN3O2. The average Bonchev–Trinajstić information content (AvgIpc) is 2.03. The van der Waals surface area contributed by atoms with Gasteiger partial charge in [0.05, 0.1) is 7.11 Å². The van der Waals surface area contributed by atoms with E-state index in [1.165, 1.54) is 7.11 Å². The van der Waals surface area contributed by atoms with Gasteiger partial charge in [-0.1, -0.05) is 0 Å². The van der Waals surface area contributed by atoms with Crippen molar-refractivity contribution in [1.82, 2.24) is 15.0 Å². The second-order valence-electron chi connectivity index (χ2n) is 1.49. The SMILES string of the molecule is [CH]Oc1nc(Cl)nc(OC)n1. The van der Waals surface area contributed by atoms with Gasteiger partial charge in [0.15, 0.2) is 7.11 Å². The van der Waals surface area contributed by atoms with E-state index in [4.69, 9.17) is 18.7 Å². The number of methoxy groups -OCH3 is 1. The molecule has 0 unspecified atom stereocenters. The topological polar surface area (TPSA) is 57.1 Å². The van der Waals surface area contributed by atoms with Gasteiger partial charge >= 0.3 is 12.0 Å². The van der Waals surface area contributed by atoms with Crippen molar-refractivity contribution < 1.29 is 9.47 Å². The van der Waals surface area contributed by atoms with Crippen molar-refractivity contribution in [3.05, 3.63) is 12.4 Å². The number of hydrogen-bond acceptors (Lipinski definition) is 5. The minimum Gasteiger partial charge on any atom is -0.467 e. The predicted octanol–water partition coefficient (Wildman–Crippen LogP) is 0.581. The van der Waals surface area contributed by atoms with Crippen molar-refractivity contribution in [2.45, 2.75) is 0 Å². The van der Waals surface area contributed by atoms with E-state index in [0.717, 1.165) is 0 Å². The van der Waals surface area contributed by atoms with Crippen LogP contribution in [0.4, 0.5) is 0 Å². The summed E-state index contributed by atoms with van der Waals surface area (Å²) in [5.41, 5.74) is 0. The third kappa shape index (κ3) is 1.91. The van der Waals surface area contributed by atoms with Crippen molar-refractivity contribution in [1.29, 1.82) is 0 Å². The number of halogens is 1. The van der Waals surface area contributed by atoms with Crippen LogP contribution in [0.5, 0.6) is 12.0 Å². The molecular weight excluding hydrogens is 170 g/mol. The molecule has 0 aliphatic rings. The number of nitrogens with zero attached hydrogens (tertiary/aromatic N) is 3. The summed E-state index contributed by atoms with van der Waals surface area (Å²) in [5, 5.41) is -0.0303. The van der Waals surface area contributed by atoms with Crippen molar-refractivity contribution in [3.8, 4) is 12.0 Å². The lowest BCUT2D eigenvalue weighted by molar-refractivity contribution is 0.357. The highest BCUT2D eigenvalue weighted by Gasteiger charge is 2.03. The van der Waals surface area contributed by atoms with Gasteiger partial charge in [-0.3, -0.25) is 0 Å². The molecule has 11 heavy (non-hydrogen) atoms. The minimum absolute atomic E-state index is 0.0303. The Morgan fingerprint density at radius 1 is 1.27 bits per heavy atom. The maximum Gasteiger partial charge on any atom is 0.324 e. The van der Waals surface area contributed by atoms with Crippen LogP contribution < -0.4 is 9.47 Å². The molecule has 1 aromatic heterocycles. The Hall–Kier alpha value is -1.10. The van der Waals surface area contributed by atoms with E-state index in [-0.39, 0.29) is 17.3 Å². The molecule has 1 heterocycles. The smallest absolute Gasteiger partial charge is 0.324 e. The summed E-state index contributed by atoms with van der Waals surface area (Å²) in [6.45, 7) is 0.